The number of carbonyl (C=O) groups excluding carboxylic acids is 1. The Balaban J connectivity index is 1.74. The average molecular weight is 315 g/mol. The number of ether oxygens (including phenoxy) is 2. The summed E-state index contributed by atoms with van der Waals surface area (Å²) in [5, 5.41) is 0. The van der Waals surface area contributed by atoms with Crippen LogP contribution in [0.5, 0.6) is 5.75 Å². The van der Waals surface area contributed by atoms with Crippen LogP contribution in [0.3, 0.4) is 0 Å². The van der Waals surface area contributed by atoms with Gasteiger partial charge in [0.1, 0.15) is 5.75 Å². The minimum Gasteiger partial charge on any atom is -0.496 e. The number of benzene rings is 1. The molecule has 4 atom stereocenters. The monoisotopic (exact) mass is 315 g/mol. The molecule has 1 saturated carbocycles. The maximum Gasteiger partial charge on any atom is 0.252 e. The van der Waals surface area contributed by atoms with E-state index in [1.54, 1.807) is 7.11 Å². The molecule has 23 heavy (non-hydrogen) atoms. The summed E-state index contributed by atoms with van der Waals surface area (Å²) in [7, 11) is 1.61. The first-order valence-corrected chi connectivity index (χ1v) is 8.68. The average Bonchev–Trinajstić information content (AvgIpc) is 2.94. The molecule has 0 radical (unpaired) electrons. The highest BCUT2D eigenvalue weighted by molar-refractivity contribution is 5.96. The summed E-state index contributed by atoms with van der Waals surface area (Å²) in [4.78, 5) is 11.7. The van der Waals surface area contributed by atoms with E-state index in [9.17, 15) is 4.79 Å². The Hall–Kier alpha value is -1.55. The van der Waals surface area contributed by atoms with Crippen molar-refractivity contribution < 1.29 is 14.3 Å². The first-order valence-electron chi connectivity index (χ1n) is 8.68. The first-order chi connectivity index (χ1) is 11.0. The van der Waals surface area contributed by atoms with E-state index in [1.165, 1.54) is 24.0 Å². The summed E-state index contributed by atoms with van der Waals surface area (Å²) in [6.07, 6.45) is 5.67. The van der Waals surface area contributed by atoms with Crippen LogP contribution in [0, 0.1) is 11.8 Å². The fourth-order valence-corrected chi connectivity index (χ4v) is 5.37. The van der Waals surface area contributed by atoms with Crippen LogP contribution < -0.4 is 10.5 Å². The van der Waals surface area contributed by atoms with Crippen molar-refractivity contribution in [2.75, 3.05) is 13.7 Å². The first kappa shape index (κ1) is 15.0. The quantitative estimate of drug-likeness (QED) is 0.912. The highest BCUT2D eigenvalue weighted by atomic mass is 16.5. The van der Waals surface area contributed by atoms with Crippen molar-refractivity contribution in [3.05, 3.63) is 28.8 Å². The Bertz CT molecular complexity index is 656. The second-order valence-corrected chi connectivity index (χ2v) is 7.52. The van der Waals surface area contributed by atoms with Crippen molar-refractivity contribution in [2.24, 2.45) is 17.6 Å². The van der Waals surface area contributed by atoms with E-state index in [0.717, 1.165) is 25.9 Å². The molecule has 4 rings (SSSR count). The Morgan fingerprint density at radius 1 is 1.35 bits per heavy atom. The van der Waals surface area contributed by atoms with Crippen molar-refractivity contribution in [3.63, 3.8) is 0 Å². The minimum atomic E-state index is -0.410. The van der Waals surface area contributed by atoms with Crippen LogP contribution in [0.2, 0.25) is 0 Å². The number of amides is 1. The normalized spacial score (nSPS) is 35.1. The third kappa shape index (κ3) is 2.18. The van der Waals surface area contributed by atoms with E-state index < -0.39 is 5.91 Å². The highest BCUT2D eigenvalue weighted by Crippen LogP contribution is 2.56. The summed E-state index contributed by atoms with van der Waals surface area (Å²) in [6.45, 7) is 3.20. The minimum absolute atomic E-state index is 0.0793. The maximum absolute atomic E-state index is 11.7. The van der Waals surface area contributed by atoms with Crippen LogP contribution in [-0.4, -0.2) is 25.2 Å². The number of rotatable bonds is 2. The molecule has 1 amide bonds. The predicted molar refractivity (Wildman–Crippen MR) is 87.8 cm³/mol. The number of primary amides is 1. The smallest absolute Gasteiger partial charge is 0.252 e. The molecule has 1 aliphatic heterocycles. The van der Waals surface area contributed by atoms with Gasteiger partial charge in [0.2, 0.25) is 0 Å². The van der Waals surface area contributed by atoms with E-state index in [0.29, 0.717) is 29.1 Å². The molecule has 1 heterocycles. The standard InChI is InChI=1S/C19H25NO3/c1-19-7-5-12-13(16(19)6-8-23-19)4-3-11-9-15(18(20)21)17(22-2)10-14(11)12/h9-10,12-13,16H,3-8H2,1-2H3,(H2,20,21)/t12-,13+,16-,19-/m0/s1. The fourth-order valence-electron chi connectivity index (χ4n) is 5.37. The Morgan fingerprint density at radius 2 is 2.17 bits per heavy atom. The van der Waals surface area contributed by atoms with Gasteiger partial charge in [0.25, 0.3) is 5.91 Å². The van der Waals surface area contributed by atoms with Gasteiger partial charge in [0.05, 0.1) is 18.3 Å². The summed E-state index contributed by atoms with van der Waals surface area (Å²) in [6, 6.07) is 4.04. The van der Waals surface area contributed by atoms with E-state index in [2.05, 4.69) is 13.0 Å². The van der Waals surface area contributed by atoms with E-state index in [1.807, 2.05) is 6.07 Å². The molecule has 0 bridgehead atoms. The summed E-state index contributed by atoms with van der Waals surface area (Å²) in [5.41, 5.74) is 8.75. The number of methoxy groups -OCH3 is 1. The number of hydrogen-bond donors (Lipinski definition) is 1. The molecule has 0 spiro atoms. The van der Waals surface area contributed by atoms with Gasteiger partial charge in [-0.05, 0) is 80.0 Å². The van der Waals surface area contributed by atoms with Gasteiger partial charge in [-0.15, -0.1) is 0 Å². The zero-order valence-electron chi connectivity index (χ0n) is 13.9. The number of fused-ring (bicyclic) bond motifs is 5. The van der Waals surface area contributed by atoms with Crippen molar-refractivity contribution >= 4 is 5.91 Å². The molecule has 3 aliphatic rings. The summed E-state index contributed by atoms with van der Waals surface area (Å²) in [5.74, 6) is 2.12. The van der Waals surface area contributed by atoms with Crippen molar-refractivity contribution in [1.29, 1.82) is 0 Å². The Labute approximate surface area is 137 Å². The van der Waals surface area contributed by atoms with E-state index in [4.69, 9.17) is 15.2 Å². The van der Waals surface area contributed by atoms with Crippen LogP contribution in [0.1, 0.15) is 60.0 Å². The molecule has 4 heteroatoms. The van der Waals surface area contributed by atoms with E-state index in [-0.39, 0.29) is 5.60 Å². The van der Waals surface area contributed by atoms with Crippen LogP contribution in [0.25, 0.3) is 0 Å². The van der Waals surface area contributed by atoms with Crippen LogP contribution in [0.4, 0.5) is 0 Å². The molecule has 0 unspecified atom stereocenters. The van der Waals surface area contributed by atoms with Crippen molar-refractivity contribution in [3.8, 4) is 5.75 Å². The zero-order valence-corrected chi connectivity index (χ0v) is 13.9. The molecular weight excluding hydrogens is 290 g/mol. The lowest BCUT2D eigenvalue weighted by Crippen LogP contribution is -2.44. The summed E-state index contributed by atoms with van der Waals surface area (Å²) >= 11 is 0. The zero-order chi connectivity index (χ0) is 16.2. The molecule has 2 aliphatic carbocycles. The predicted octanol–water partition coefficient (Wildman–Crippen LogP) is 3.03. The van der Waals surface area contributed by atoms with E-state index >= 15 is 0 Å². The van der Waals surface area contributed by atoms with Gasteiger partial charge in [-0.25, -0.2) is 0 Å². The third-order valence-electron chi connectivity index (χ3n) is 6.50. The molecule has 4 nitrogen and oxygen atoms in total. The van der Waals surface area contributed by atoms with Gasteiger partial charge in [-0.3, -0.25) is 4.79 Å². The highest BCUT2D eigenvalue weighted by Gasteiger charge is 2.51. The Kier molecular flexibility index (Phi) is 3.41. The number of carbonyl (C=O) groups is 1. The number of nitrogens with two attached hydrogens (primary N) is 1. The molecule has 1 saturated heterocycles. The molecule has 0 aromatic heterocycles. The van der Waals surface area contributed by atoms with Crippen LogP contribution in [-0.2, 0) is 11.2 Å². The van der Waals surface area contributed by atoms with Crippen molar-refractivity contribution in [1.82, 2.24) is 0 Å². The molecule has 124 valence electrons. The molecule has 1 aromatic carbocycles. The van der Waals surface area contributed by atoms with Crippen LogP contribution in [0.15, 0.2) is 12.1 Å². The summed E-state index contributed by atoms with van der Waals surface area (Å²) < 4.78 is 11.5. The number of aryl methyl sites for hydroxylation is 1. The van der Waals surface area contributed by atoms with Gasteiger partial charge >= 0.3 is 0 Å². The Morgan fingerprint density at radius 3 is 2.91 bits per heavy atom. The van der Waals surface area contributed by atoms with Crippen LogP contribution >= 0.6 is 0 Å². The fraction of sp³-hybridized carbons (Fsp3) is 0.632. The maximum atomic E-state index is 11.7. The second-order valence-electron chi connectivity index (χ2n) is 7.52. The molecule has 2 N–H and O–H groups in total. The second kappa shape index (κ2) is 5.23. The number of hydrogen-bond acceptors (Lipinski definition) is 3. The lowest BCUT2D eigenvalue weighted by atomic mass is 9.58. The molecular formula is C19H25NO3. The van der Waals surface area contributed by atoms with Gasteiger partial charge in [-0.1, -0.05) is 0 Å². The van der Waals surface area contributed by atoms with Gasteiger partial charge in [0, 0.05) is 6.61 Å². The molecule has 1 aromatic rings. The topological polar surface area (TPSA) is 61.5 Å². The van der Waals surface area contributed by atoms with Gasteiger partial charge in [0.15, 0.2) is 0 Å². The molecule has 2 fully saturated rings. The largest absolute Gasteiger partial charge is 0.496 e. The lowest BCUT2D eigenvalue weighted by molar-refractivity contribution is -0.0566. The third-order valence-corrected chi connectivity index (χ3v) is 6.50. The van der Waals surface area contributed by atoms with Crippen molar-refractivity contribution in [2.45, 2.75) is 50.5 Å². The SMILES string of the molecule is COc1cc2c(cc1C(N)=O)CC[C@@H]1[C@@H]2CC[C@]2(C)OCC[C@@H]12. The van der Waals surface area contributed by atoms with Gasteiger partial charge < -0.3 is 15.2 Å². The van der Waals surface area contributed by atoms with Gasteiger partial charge in [-0.2, -0.15) is 0 Å². The lowest BCUT2D eigenvalue weighted by Gasteiger charge is -2.48.